The van der Waals surface area contributed by atoms with E-state index in [1.165, 1.54) is 12.1 Å². The number of anilines is 1. The van der Waals surface area contributed by atoms with Crippen LogP contribution in [-0.4, -0.2) is 34.9 Å². The van der Waals surface area contributed by atoms with Gasteiger partial charge in [-0.2, -0.15) is 5.10 Å². The molecule has 1 fully saturated rings. The standard InChI is InChI=1S/C19H20FN5O2/c1-27-10-16(11-4-6-13(20)7-5-11)22-19(26)23-17-8-15-14(9-21-17)18(25-24-15)12-2-3-12/h4-9,12,16H,2-3,10H2,1H3,(H,24,25)(H2,21,22,23,26)/t16-/m1/s1. The molecule has 0 spiro atoms. The van der Waals surface area contributed by atoms with Crippen molar-refractivity contribution in [2.75, 3.05) is 19.0 Å². The Morgan fingerprint density at radius 2 is 2.15 bits per heavy atom. The normalized spacial score (nSPS) is 14.9. The number of pyridine rings is 1. The van der Waals surface area contributed by atoms with Gasteiger partial charge in [-0.05, 0) is 30.5 Å². The number of ether oxygens (including phenoxy) is 1. The summed E-state index contributed by atoms with van der Waals surface area (Å²) < 4.78 is 18.3. The predicted octanol–water partition coefficient (Wildman–Crippen LogP) is 3.48. The van der Waals surface area contributed by atoms with E-state index in [0.29, 0.717) is 11.7 Å². The minimum atomic E-state index is -0.421. The zero-order valence-electron chi connectivity index (χ0n) is 14.8. The molecule has 1 aliphatic carbocycles. The number of carbonyl (C=O) groups excluding carboxylic acids is 1. The van der Waals surface area contributed by atoms with Crippen molar-refractivity contribution in [3.8, 4) is 0 Å². The van der Waals surface area contributed by atoms with Gasteiger partial charge in [-0.3, -0.25) is 10.4 Å². The van der Waals surface area contributed by atoms with Gasteiger partial charge in [-0.25, -0.2) is 14.2 Å². The van der Waals surface area contributed by atoms with Crippen molar-refractivity contribution in [2.24, 2.45) is 0 Å². The van der Waals surface area contributed by atoms with Crippen LogP contribution in [0.4, 0.5) is 15.0 Å². The first-order valence-electron chi connectivity index (χ1n) is 8.80. The van der Waals surface area contributed by atoms with Crippen LogP contribution >= 0.6 is 0 Å². The molecule has 2 aromatic heterocycles. The van der Waals surface area contributed by atoms with Gasteiger partial charge in [0, 0.05) is 30.7 Å². The van der Waals surface area contributed by atoms with E-state index in [2.05, 4.69) is 25.8 Å². The van der Waals surface area contributed by atoms with Crippen molar-refractivity contribution in [3.63, 3.8) is 0 Å². The van der Waals surface area contributed by atoms with Gasteiger partial charge >= 0.3 is 6.03 Å². The Bertz CT molecular complexity index is 952. The van der Waals surface area contributed by atoms with Crippen molar-refractivity contribution >= 4 is 22.8 Å². The molecule has 3 N–H and O–H groups in total. The maximum Gasteiger partial charge on any atom is 0.320 e. The fourth-order valence-corrected chi connectivity index (χ4v) is 3.06. The summed E-state index contributed by atoms with van der Waals surface area (Å²) in [6.45, 7) is 0.261. The van der Waals surface area contributed by atoms with Crippen LogP contribution in [0, 0.1) is 5.82 Å². The van der Waals surface area contributed by atoms with Gasteiger partial charge in [-0.1, -0.05) is 12.1 Å². The molecule has 0 bridgehead atoms. The zero-order valence-corrected chi connectivity index (χ0v) is 14.8. The molecule has 1 saturated carbocycles. The summed E-state index contributed by atoms with van der Waals surface area (Å²) in [4.78, 5) is 16.7. The topological polar surface area (TPSA) is 91.9 Å². The van der Waals surface area contributed by atoms with E-state index in [0.717, 1.165) is 35.0 Å². The van der Waals surface area contributed by atoms with E-state index < -0.39 is 12.1 Å². The fraction of sp³-hybridized carbons (Fsp3) is 0.316. The number of benzene rings is 1. The summed E-state index contributed by atoms with van der Waals surface area (Å²) >= 11 is 0. The lowest BCUT2D eigenvalue weighted by Gasteiger charge is -2.18. The highest BCUT2D eigenvalue weighted by molar-refractivity contribution is 5.91. The number of nitrogens with zero attached hydrogens (tertiary/aromatic N) is 2. The number of H-pyrrole nitrogens is 1. The summed E-state index contributed by atoms with van der Waals surface area (Å²) in [6.07, 6.45) is 4.05. The van der Waals surface area contributed by atoms with Gasteiger partial charge in [-0.15, -0.1) is 0 Å². The van der Waals surface area contributed by atoms with Gasteiger partial charge in [0.25, 0.3) is 0 Å². The quantitative estimate of drug-likeness (QED) is 0.620. The highest BCUT2D eigenvalue weighted by atomic mass is 19.1. The van der Waals surface area contributed by atoms with Crippen molar-refractivity contribution in [1.82, 2.24) is 20.5 Å². The molecule has 1 aromatic carbocycles. The number of aromatic amines is 1. The fourth-order valence-electron chi connectivity index (χ4n) is 3.06. The van der Waals surface area contributed by atoms with Crippen LogP contribution in [0.3, 0.4) is 0 Å². The molecule has 1 atom stereocenters. The second-order valence-electron chi connectivity index (χ2n) is 6.66. The van der Waals surface area contributed by atoms with E-state index in [4.69, 9.17) is 4.74 Å². The molecular weight excluding hydrogens is 349 g/mol. The summed E-state index contributed by atoms with van der Waals surface area (Å²) in [6, 6.07) is 6.87. The number of nitrogens with one attached hydrogen (secondary N) is 3. The first-order valence-corrected chi connectivity index (χ1v) is 8.80. The van der Waals surface area contributed by atoms with Crippen LogP contribution in [0.25, 0.3) is 10.9 Å². The monoisotopic (exact) mass is 369 g/mol. The smallest absolute Gasteiger partial charge is 0.320 e. The number of fused-ring (bicyclic) bond motifs is 1. The number of urea groups is 1. The molecule has 2 heterocycles. The number of rotatable bonds is 6. The molecule has 0 radical (unpaired) electrons. The average molecular weight is 369 g/mol. The Morgan fingerprint density at radius 3 is 2.85 bits per heavy atom. The van der Waals surface area contributed by atoms with Crippen LogP contribution in [0.15, 0.2) is 36.5 Å². The Kier molecular flexibility index (Phi) is 4.72. The number of aromatic nitrogens is 3. The number of hydrogen-bond donors (Lipinski definition) is 3. The van der Waals surface area contributed by atoms with Crippen LogP contribution in [0.2, 0.25) is 0 Å². The maximum absolute atomic E-state index is 13.1. The third-order valence-corrected chi connectivity index (χ3v) is 4.59. The molecule has 0 aliphatic heterocycles. The van der Waals surface area contributed by atoms with E-state index in [-0.39, 0.29) is 12.4 Å². The van der Waals surface area contributed by atoms with Crippen molar-refractivity contribution in [2.45, 2.75) is 24.8 Å². The highest BCUT2D eigenvalue weighted by Gasteiger charge is 2.28. The lowest BCUT2D eigenvalue weighted by atomic mass is 10.1. The minimum Gasteiger partial charge on any atom is -0.382 e. The van der Waals surface area contributed by atoms with Crippen molar-refractivity contribution < 1.29 is 13.9 Å². The van der Waals surface area contributed by atoms with E-state index in [1.54, 1.807) is 31.5 Å². The summed E-state index contributed by atoms with van der Waals surface area (Å²) in [7, 11) is 1.54. The molecular formula is C19H20FN5O2. The van der Waals surface area contributed by atoms with Crippen LogP contribution < -0.4 is 10.6 Å². The third kappa shape index (κ3) is 3.90. The summed E-state index contributed by atoms with van der Waals surface area (Å²) in [5.74, 6) is 0.608. The van der Waals surface area contributed by atoms with Crippen molar-refractivity contribution in [3.05, 3.63) is 53.6 Å². The van der Waals surface area contributed by atoms with Crippen LogP contribution in [0.1, 0.15) is 36.1 Å². The summed E-state index contributed by atoms with van der Waals surface area (Å²) in [5, 5.41) is 13.9. The number of amides is 2. The number of carbonyl (C=O) groups is 1. The van der Waals surface area contributed by atoms with Gasteiger partial charge in [0.1, 0.15) is 11.6 Å². The SMILES string of the molecule is COC[C@@H](NC(=O)Nc1cc2[nH]nc(C3CC3)c2cn1)c1ccc(F)cc1. The largest absolute Gasteiger partial charge is 0.382 e. The molecule has 0 saturated heterocycles. The first kappa shape index (κ1) is 17.4. The Morgan fingerprint density at radius 1 is 1.37 bits per heavy atom. The Balaban J connectivity index is 1.45. The second kappa shape index (κ2) is 7.32. The van der Waals surface area contributed by atoms with Crippen molar-refractivity contribution in [1.29, 1.82) is 0 Å². The first-order chi connectivity index (χ1) is 13.1. The Labute approximate surface area is 155 Å². The van der Waals surface area contributed by atoms with Crippen LogP contribution in [0.5, 0.6) is 0 Å². The molecule has 3 aromatic rings. The van der Waals surface area contributed by atoms with Gasteiger partial charge in [0.05, 0.1) is 23.9 Å². The lowest BCUT2D eigenvalue weighted by Crippen LogP contribution is -2.35. The lowest BCUT2D eigenvalue weighted by molar-refractivity contribution is 0.168. The number of methoxy groups -OCH3 is 1. The molecule has 27 heavy (non-hydrogen) atoms. The molecule has 140 valence electrons. The zero-order chi connectivity index (χ0) is 18.8. The van der Waals surface area contributed by atoms with Gasteiger partial charge in [0.2, 0.25) is 0 Å². The van der Waals surface area contributed by atoms with Crippen LogP contribution in [-0.2, 0) is 4.74 Å². The second-order valence-corrected chi connectivity index (χ2v) is 6.66. The molecule has 2 amide bonds. The van der Waals surface area contributed by atoms with E-state index in [9.17, 15) is 9.18 Å². The molecule has 7 nitrogen and oxygen atoms in total. The third-order valence-electron chi connectivity index (χ3n) is 4.59. The van der Waals surface area contributed by atoms with Gasteiger partial charge in [0.15, 0.2) is 0 Å². The Hall–Kier alpha value is -3.00. The minimum absolute atomic E-state index is 0.261. The summed E-state index contributed by atoms with van der Waals surface area (Å²) in [5.41, 5.74) is 2.64. The number of halogens is 1. The van der Waals surface area contributed by atoms with E-state index >= 15 is 0 Å². The number of hydrogen-bond acceptors (Lipinski definition) is 4. The molecule has 0 unspecified atom stereocenters. The molecule has 1 aliphatic rings. The average Bonchev–Trinajstić information content (AvgIpc) is 3.41. The van der Waals surface area contributed by atoms with Gasteiger partial charge < -0.3 is 10.1 Å². The van der Waals surface area contributed by atoms with E-state index in [1.807, 2.05) is 0 Å². The predicted molar refractivity (Wildman–Crippen MR) is 99.0 cm³/mol. The molecule has 4 rings (SSSR count). The highest BCUT2D eigenvalue weighted by Crippen LogP contribution is 2.41. The maximum atomic E-state index is 13.1. The molecule has 8 heteroatoms.